The number of nitrogens with zero attached hydrogens (tertiary/aromatic N) is 2. The quantitative estimate of drug-likeness (QED) is 0.885. The summed E-state index contributed by atoms with van der Waals surface area (Å²) < 4.78 is 0. The number of nitrogens with two attached hydrogens (primary N) is 1. The molecule has 0 saturated heterocycles. The summed E-state index contributed by atoms with van der Waals surface area (Å²) in [5.41, 5.74) is 8.53. The van der Waals surface area contributed by atoms with Gasteiger partial charge in [0.25, 0.3) is 0 Å². The van der Waals surface area contributed by atoms with E-state index in [9.17, 15) is 0 Å². The minimum atomic E-state index is 0.208. The van der Waals surface area contributed by atoms with E-state index >= 15 is 0 Å². The lowest BCUT2D eigenvalue weighted by molar-refractivity contribution is 0.464. The van der Waals surface area contributed by atoms with E-state index in [2.05, 4.69) is 46.7 Å². The zero-order valence-corrected chi connectivity index (χ0v) is 11.1. The number of fused-ring (bicyclic) bond motifs is 1. The van der Waals surface area contributed by atoms with Gasteiger partial charge in [0, 0.05) is 6.04 Å². The Bertz CT molecular complexity index is 526. The molecule has 1 heterocycles. The smallest absolute Gasteiger partial charge is 0.203 e. The highest BCUT2D eigenvalue weighted by molar-refractivity contribution is 7.15. The van der Waals surface area contributed by atoms with Gasteiger partial charge in [0.15, 0.2) is 0 Å². The first-order valence-electron chi connectivity index (χ1n) is 6.14. The largest absolute Gasteiger partial charge is 0.374 e. The molecule has 1 aromatic heterocycles. The van der Waals surface area contributed by atoms with Crippen molar-refractivity contribution in [2.24, 2.45) is 0 Å². The van der Waals surface area contributed by atoms with Crippen LogP contribution in [0.2, 0.25) is 0 Å². The molecular formula is C13H16N4S. The molecule has 1 aromatic carbocycles. The van der Waals surface area contributed by atoms with Crippen LogP contribution in [0.25, 0.3) is 0 Å². The first-order valence-corrected chi connectivity index (χ1v) is 6.95. The van der Waals surface area contributed by atoms with Gasteiger partial charge in [-0.2, -0.15) is 0 Å². The SMILES string of the molecule is C[C@H](NC1Cc2ccccc2C1)c1nnc(N)s1. The maximum Gasteiger partial charge on any atom is 0.203 e. The lowest BCUT2D eigenvalue weighted by atomic mass is 10.1. The van der Waals surface area contributed by atoms with Crippen molar-refractivity contribution >= 4 is 16.5 Å². The fourth-order valence-electron chi connectivity index (χ4n) is 2.52. The molecule has 0 saturated carbocycles. The molecule has 5 heteroatoms. The van der Waals surface area contributed by atoms with Crippen molar-refractivity contribution in [3.63, 3.8) is 0 Å². The molecule has 2 aromatic rings. The molecule has 18 heavy (non-hydrogen) atoms. The first kappa shape index (κ1) is 11.6. The highest BCUT2D eigenvalue weighted by atomic mass is 32.1. The third kappa shape index (κ3) is 2.23. The molecule has 0 radical (unpaired) electrons. The highest BCUT2D eigenvalue weighted by Gasteiger charge is 2.23. The predicted octanol–water partition coefficient (Wildman–Crippen LogP) is 1.94. The van der Waals surface area contributed by atoms with Crippen molar-refractivity contribution in [3.05, 3.63) is 40.4 Å². The van der Waals surface area contributed by atoms with Crippen LogP contribution in [0.15, 0.2) is 24.3 Å². The van der Waals surface area contributed by atoms with Crippen molar-refractivity contribution in [1.29, 1.82) is 0 Å². The van der Waals surface area contributed by atoms with Crippen molar-refractivity contribution < 1.29 is 0 Å². The molecule has 1 atom stereocenters. The van der Waals surface area contributed by atoms with Crippen LogP contribution in [0.5, 0.6) is 0 Å². The summed E-state index contributed by atoms with van der Waals surface area (Å²) in [5.74, 6) is 0. The molecule has 3 rings (SSSR count). The summed E-state index contributed by atoms with van der Waals surface area (Å²) in [7, 11) is 0. The maximum absolute atomic E-state index is 5.61. The fraction of sp³-hybridized carbons (Fsp3) is 0.385. The Balaban J connectivity index is 1.66. The van der Waals surface area contributed by atoms with Crippen molar-refractivity contribution in [2.75, 3.05) is 5.73 Å². The molecule has 0 unspecified atom stereocenters. The van der Waals surface area contributed by atoms with Crippen LogP contribution in [-0.4, -0.2) is 16.2 Å². The average molecular weight is 260 g/mol. The van der Waals surface area contributed by atoms with Crippen LogP contribution in [0.4, 0.5) is 5.13 Å². The number of aromatic nitrogens is 2. The molecule has 0 spiro atoms. The molecule has 3 N–H and O–H groups in total. The molecule has 94 valence electrons. The second kappa shape index (κ2) is 4.66. The zero-order valence-electron chi connectivity index (χ0n) is 10.3. The lowest BCUT2D eigenvalue weighted by Gasteiger charge is -2.16. The molecule has 1 aliphatic carbocycles. The second-order valence-electron chi connectivity index (χ2n) is 4.74. The van der Waals surface area contributed by atoms with E-state index in [4.69, 9.17) is 5.73 Å². The van der Waals surface area contributed by atoms with Crippen LogP contribution in [0, 0.1) is 0 Å². The summed E-state index contributed by atoms with van der Waals surface area (Å²) in [6.07, 6.45) is 2.18. The van der Waals surface area contributed by atoms with Crippen molar-refractivity contribution in [1.82, 2.24) is 15.5 Å². The van der Waals surface area contributed by atoms with E-state index in [-0.39, 0.29) is 6.04 Å². The Morgan fingerprint density at radius 1 is 1.28 bits per heavy atom. The van der Waals surface area contributed by atoms with E-state index in [1.807, 2.05) is 0 Å². The van der Waals surface area contributed by atoms with Crippen molar-refractivity contribution in [2.45, 2.75) is 31.8 Å². The highest BCUT2D eigenvalue weighted by Crippen LogP contribution is 2.25. The van der Waals surface area contributed by atoms with Gasteiger partial charge in [-0.05, 0) is 30.9 Å². The van der Waals surface area contributed by atoms with Crippen LogP contribution in [0.3, 0.4) is 0 Å². The van der Waals surface area contributed by atoms with Crippen LogP contribution >= 0.6 is 11.3 Å². The van der Waals surface area contributed by atoms with E-state index in [0.717, 1.165) is 17.8 Å². The van der Waals surface area contributed by atoms with E-state index in [0.29, 0.717) is 11.2 Å². The molecule has 0 aliphatic heterocycles. The van der Waals surface area contributed by atoms with Crippen LogP contribution in [0.1, 0.15) is 29.1 Å². The Kier molecular flexibility index (Phi) is 3.01. The van der Waals surface area contributed by atoms with Gasteiger partial charge in [-0.3, -0.25) is 0 Å². The number of hydrogen-bond acceptors (Lipinski definition) is 5. The monoisotopic (exact) mass is 260 g/mol. The zero-order chi connectivity index (χ0) is 12.5. The Morgan fingerprint density at radius 3 is 2.50 bits per heavy atom. The van der Waals surface area contributed by atoms with E-state index < -0.39 is 0 Å². The van der Waals surface area contributed by atoms with Crippen molar-refractivity contribution in [3.8, 4) is 0 Å². The van der Waals surface area contributed by atoms with Gasteiger partial charge in [-0.1, -0.05) is 35.6 Å². The Morgan fingerprint density at radius 2 is 1.94 bits per heavy atom. The van der Waals surface area contributed by atoms with Gasteiger partial charge in [-0.25, -0.2) is 0 Å². The molecule has 0 fully saturated rings. The minimum absolute atomic E-state index is 0.208. The normalized spacial score (nSPS) is 16.7. The predicted molar refractivity (Wildman–Crippen MR) is 73.5 cm³/mol. The minimum Gasteiger partial charge on any atom is -0.374 e. The third-order valence-corrected chi connectivity index (χ3v) is 4.30. The Hall–Kier alpha value is -1.46. The summed E-state index contributed by atoms with van der Waals surface area (Å²) in [4.78, 5) is 0. The number of hydrogen-bond donors (Lipinski definition) is 2. The first-order chi connectivity index (χ1) is 8.72. The van der Waals surface area contributed by atoms with Gasteiger partial charge in [0.05, 0.1) is 6.04 Å². The van der Waals surface area contributed by atoms with Crippen LogP contribution < -0.4 is 11.1 Å². The summed E-state index contributed by atoms with van der Waals surface area (Å²) in [6.45, 7) is 2.11. The molecule has 1 aliphatic rings. The van der Waals surface area contributed by atoms with Gasteiger partial charge in [0.1, 0.15) is 5.01 Å². The molecule has 0 bridgehead atoms. The molecule has 0 amide bonds. The molecule has 4 nitrogen and oxygen atoms in total. The topological polar surface area (TPSA) is 63.8 Å². The third-order valence-electron chi connectivity index (χ3n) is 3.36. The fourth-order valence-corrected chi connectivity index (χ4v) is 3.15. The van der Waals surface area contributed by atoms with Gasteiger partial charge in [0.2, 0.25) is 5.13 Å². The van der Waals surface area contributed by atoms with Crippen LogP contribution in [-0.2, 0) is 12.8 Å². The summed E-state index contributed by atoms with van der Waals surface area (Å²) >= 11 is 1.46. The number of anilines is 1. The lowest BCUT2D eigenvalue weighted by Crippen LogP contribution is -2.32. The maximum atomic E-state index is 5.61. The van der Waals surface area contributed by atoms with Gasteiger partial charge in [-0.15, -0.1) is 10.2 Å². The van der Waals surface area contributed by atoms with Gasteiger partial charge < -0.3 is 11.1 Å². The van der Waals surface area contributed by atoms with Gasteiger partial charge >= 0.3 is 0 Å². The number of nitrogen functional groups attached to an aromatic ring is 1. The average Bonchev–Trinajstić information content (AvgIpc) is 2.94. The van der Waals surface area contributed by atoms with E-state index in [1.54, 1.807) is 0 Å². The standard InChI is InChI=1S/C13H16N4S/c1-8(12-16-17-13(14)18-12)15-11-6-9-4-2-3-5-10(9)7-11/h2-5,8,11,15H,6-7H2,1H3,(H2,14,17)/t8-/m0/s1. The summed E-state index contributed by atoms with van der Waals surface area (Å²) in [5, 5.41) is 13.1. The number of nitrogens with one attached hydrogen (secondary N) is 1. The summed E-state index contributed by atoms with van der Waals surface area (Å²) in [6, 6.07) is 9.34. The second-order valence-corrected chi connectivity index (χ2v) is 5.78. The number of benzene rings is 1. The Labute approximate surface area is 110 Å². The number of rotatable bonds is 3. The van der Waals surface area contributed by atoms with E-state index in [1.165, 1.54) is 22.5 Å². The molecular weight excluding hydrogens is 244 g/mol.